The molecule has 0 bridgehead atoms. The summed E-state index contributed by atoms with van der Waals surface area (Å²) in [4.78, 5) is 14.1. The van der Waals surface area contributed by atoms with Crippen LogP contribution in [0.4, 0.5) is 0 Å². The lowest BCUT2D eigenvalue weighted by Crippen LogP contribution is -3.00. The molecular formula is C17H25ClNO2-. The van der Waals surface area contributed by atoms with Crippen molar-refractivity contribution in [1.82, 2.24) is 4.90 Å². The Morgan fingerprint density at radius 3 is 2.43 bits per heavy atom. The number of nitrogens with zero attached hydrogens (tertiary/aromatic N) is 1. The fraction of sp³-hybridized carbons (Fsp3) is 0.588. The highest BCUT2D eigenvalue weighted by Gasteiger charge is 2.13. The molecule has 2 rings (SSSR count). The second kappa shape index (κ2) is 8.40. The van der Waals surface area contributed by atoms with Crippen LogP contribution in [0, 0.1) is 0 Å². The van der Waals surface area contributed by atoms with Crippen molar-refractivity contribution in [3.05, 3.63) is 29.3 Å². The van der Waals surface area contributed by atoms with Gasteiger partial charge in [-0.3, -0.25) is 9.69 Å². The second-order valence-electron chi connectivity index (χ2n) is 5.93. The van der Waals surface area contributed by atoms with Gasteiger partial charge in [-0.05, 0) is 70.5 Å². The van der Waals surface area contributed by atoms with Crippen molar-refractivity contribution in [2.24, 2.45) is 0 Å². The van der Waals surface area contributed by atoms with E-state index in [1.807, 2.05) is 26.0 Å². The maximum atomic E-state index is 11.7. The Kier molecular flexibility index (Phi) is 7.20. The maximum Gasteiger partial charge on any atom is 0.159 e. The minimum Gasteiger partial charge on any atom is -1.00 e. The molecule has 0 saturated carbocycles. The lowest BCUT2D eigenvalue weighted by molar-refractivity contribution is -0.0000134. The largest absolute Gasteiger partial charge is 1.00 e. The van der Waals surface area contributed by atoms with Gasteiger partial charge in [0.2, 0.25) is 0 Å². The second-order valence-corrected chi connectivity index (χ2v) is 5.93. The summed E-state index contributed by atoms with van der Waals surface area (Å²) in [5.41, 5.74) is 1.92. The quantitative estimate of drug-likeness (QED) is 0.749. The summed E-state index contributed by atoms with van der Waals surface area (Å²) >= 11 is 0. The molecule has 118 valence electrons. The van der Waals surface area contributed by atoms with Crippen molar-refractivity contribution in [3.63, 3.8) is 0 Å². The molecule has 0 spiro atoms. The molecule has 21 heavy (non-hydrogen) atoms. The standard InChI is InChI=1S/C17H25NO2.ClH/c1-13(2)20-17-10-15(9-16(11-17)14(3)19)12-18-7-5-4-6-8-18;/h9-11,13H,4-8,12H2,1-3H3;1H/p-1. The minimum absolute atomic E-state index is 0. The molecule has 1 aromatic carbocycles. The first-order chi connectivity index (χ1) is 9.54. The van der Waals surface area contributed by atoms with Crippen molar-refractivity contribution in [1.29, 1.82) is 0 Å². The predicted molar refractivity (Wildman–Crippen MR) is 81.3 cm³/mol. The highest BCUT2D eigenvalue weighted by atomic mass is 35.5. The van der Waals surface area contributed by atoms with Gasteiger partial charge in [-0.25, -0.2) is 0 Å². The highest BCUT2D eigenvalue weighted by Crippen LogP contribution is 2.21. The monoisotopic (exact) mass is 310 g/mol. The normalized spacial score (nSPS) is 15.6. The number of ether oxygens (including phenoxy) is 1. The van der Waals surface area contributed by atoms with E-state index in [1.54, 1.807) is 6.92 Å². The molecule has 0 atom stereocenters. The average Bonchev–Trinajstić information content (AvgIpc) is 2.38. The lowest BCUT2D eigenvalue weighted by atomic mass is 10.1. The van der Waals surface area contributed by atoms with Crippen LogP contribution in [0.15, 0.2) is 18.2 Å². The SMILES string of the molecule is CC(=O)c1cc(CN2CCCCC2)cc(OC(C)C)c1.[Cl-]. The lowest BCUT2D eigenvalue weighted by Gasteiger charge is -2.26. The van der Waals surface area contributed by atoms with Crippen LogP contribution in [0.1, 0.15) is 56.0 Å². The molecule has 1 fully saturated rings. The summed E-state index contributed by atoms with van der Waals surface area (Å²) in [6.07, 6.45) is 4.02. The Balaban J connectivity index is 0.00000220. The van der Waals surface area contributed by atoms with Gasteiger partial charge in [0.15, 0.2) is 5.78 Å². The van der Waals surface area contributed by atoms with Gasteiger partial charge in [0.25, 0.3) is 0 Å². The summed E-state index contributed by atoms with van der Waals surface area (Å²) in [6.45, 7) is 8.85. The third kappa shape index (κ3) is 5.68. The zero-order valence-electron chi connectivity index (χ0n) is 13.2. The van der Waals surface area contributed by atoms with Crippen LogP contribution in [0.5, 0.6) is 5.75 Å². The predicted octanol–water partition coefficient (Wildman–Crippen LogP) is 0.666. The van der Waals surface area contributed by atoms with Crippen LogP contribution in [0.25, 0.3) is 0 Å². The van der Waals surface area contributed by atoms with E-state index in [2.05, 4.69) is 11.0 Å². The molecule has 1 aliphatic heterocycles. The number of ketones is 1. The van der Waals surface area contributed by atoms with E-state index in [-0.39, 0.29) is 24.3 Å². The van der Waals surface area contributed by atoms with E-state index in [4.69, 9.17) is 4.74 Å². The van der Waals surface area contributed by atoms with Gasteiger partial charge in [0, 0.05) is 12.1 Å². The first-order valence-electron chi connectivity index (χ1n) is 7.58. The number of Topliss-reactive ketones (excluding diaryl/α,β-unsaturated/α-hetero) is 1. The maximum absolute atomic E-state index is 11.7. The molecule has 1 heterocycles. The van der Waals surface area contributed by atoms with Gasteiger partial charge in [-0.15, -0.1) is 0 Å². The highest BCUT2D eigenvalue weighted by molar-refractivity contribution is 5.94. The molecule has 1 aromatic rings. The number of likely N-dealkylation sites (tertiary alicyclic amines) is 1. The van der Waals surface area contributed by atoms with Crippen molar-refractivity contribution in [3.8, 4) is 5.75 Å². The van der Waals surface area contributed by atoms with Gasteiger partial charge < -0.3 is 17.1 Å². The minimum atomic E-state index is 0. The fourth-order valence-electron chi connectivity index (χ4n) is 2.67. The van der Waals surface area contributed by atoms with Crippen LogP contribution in [-0.4, -0.2) is 29.9 Å². The number of carbonyl (C=O) groups excluding carboxylic acids is 1. The topological polar surface area (TPSA) is 29.5 Å². The molecule has 0 aromatic heterocycles. The molecule has 1 saturated heterocycles. The van der Waals surface area contributed by atoms with E-state index >= 15 is 0 Å². The average molecular weight is 311 g/mol. The van der Waals surface area contributed by atoms with Gasteiger partial charge in [-0.1, -0.05) is 6.42 Å². The van der Waals surface area contributed by atoms with E-state index in [0.29, 0.717) is 0 Å². The summed E-state index contributed by atoms with van der Waals surface area (Å²) in [5, 5.41) is 0. The number of hydrogen-bond acceptors (Lipinski definition) is 3. The Morgan fingerprint density at radius 2 is 1.86 bits per heavy atom. The summed E-state index contributed by atoms with van der Waals surface area (Å²) in [6, 6.07) is 5.92. The van der Waals surface area contributed by atoms with E-state index in [9.17, 15) is 4.79 Å². The van der Waals surface area contributed by atoms with E-state index < -0.39 is 0 Å². The Morgan fingerprint density at radius 1 is 1.19 bits per heavy atom. The zero-order valence-corrected chi connectivity index (χ0v) is 13.9. The van der Waals surface area contributed by atoms with Gasteiger partial charge in [-0.2, -0.15) is 0 Å². The van der Waals surface area contributed by atoms with Crippen molar-refractivity contribution in [2.75, 3.05) is 13.1 Å². The molecule has 3 nitrogen and oxygen atoms in total. The molecule has 0 amide bonds. The summed E-state index contributed by atoms with van der Waals surface area (Å²) < 4.78 is 5.76. The zero-order chi connectivity index (χ0) is 14.5. The summed E-state index contributed by atoms with van der Waals surface area (Å²) in [7, 11) is 0. The fourth-order valence-corrected chi connectivity index (χ4v) is 2.67. The Hall–Kier alpha value is -1.06. The van der Waals surface area contributed by atoms with Gasteiger partial charge >= 0.3 is 0 Å². The van der Waals surface area contributed by atoms with E-state index in [1.165, 1.54) is 24.8 Å². The van der Waals surface area contributed by atoms with Crippen LogP contribution < -0.4 is 17.1 Å². The molecule has 0 aliphatic carbocycles. The van der Waals surface area contributed by atoms with Gasteiger partial charge in [0.05, 0.1) is 6.10 Å². The van der Waals surface area contributed by atoms with Crippen LogP contribution >= 0.6 is 0 Å². The third-order valence-electron chi connectivity index (χ3n) is 3.60. The van der Waals surface area contributed by atoms with Crippen LogP contribution in [-0.2, 0) is 6.54 Å². The first kappa shape index (κ1) is 18.0. The third-order valence-corrected chi connectivity index (χ3v) is 3.60. The molecule has 0 unspecified atom stereocenters. The van der Waals surface area contributed by atoms with Crippen molar-refractivity contribution in [2.45, 2.75) is 52.7 Å². The number of hydrogen-bond donors (Lipinski definition) is 0. The Bertz CT molecular complexity index is 468. The number of carbonyl (C=O) groups is 1. The van der Waals surface area contributed by atoms with Crippen LogP contribution in [0.3, 0.4) is 0 Å². The van der Waals surface area contributed by atoms with Crippen LogP contribution in [0.2, 0.25) is 0 Å². The molecule has 0 N–H and O–H groups in total. The molecule has 1 aliphatic rings. The first-order valence-corrected chi connectivity index (χ1v) is 7.58. The number of piperidine rings is 1. The molecule has 0 radical (unpaired) electrons. The Labute approximate surface area is 134 Å². The number of halogens is 1. The molecule has 4 heteroatoms. The number of rotatable bonds is 5. The summed E-state index contributed by atoms with van der Waals surface area (Å²) in [5.74, 6) is 0.902. The number of benzene rings is 1. The smallest absolute Gasteiger partial charge is 0.159 e. The van der Waals surface area contributed by atoms with Crippen molar-refractivity contribution < 1.29 is 21.9 Å². The van der Waals surface area contributed by atoms with Gasteiger partial charge in [0.1, 0.15) is 5.75 Å². The van der Waals surface area contributed by atoms with Crippen molar-refractivity contribution >= 4 is 5.78 Å². The van der Waals surface area contributed by atoms with E-state index in [0.717, 1.165) is 30.9 Å². The molecular weight excluding hydrogens is 286 g/mol.